The zero-order valence-corrected chi connectivity index (χ0v) is 73.1. The van der Waals surface area contributed by atoms with Gasteiger partial charge in [0.1, 0.15) is 46.3 Å². The quantitative estimate of drug-likeness (QED) is 0.0269. The Morgan fingerprint density at radius 3 is 1.40 bits per heavy atom. The van der Waals surface area contributed by atoms with Gasteiger partial charge in [0.2, 0.25) is 17.4 Å². The van der Waals surface area contributed by atoms with Gasteiger partial charge in [0, 0.05) is 105 Å². The van der Waals surface area contributed by atoms with E-state index in [2.05, 4.69) is 68.7 Å². The maximum absolute atomic E-state index is 15.0. The lowest BCUT2D eigenvalue weighted by Gasteiger charge is -2.28. The third-order valence-corrected chi connectivity index (χ3v) is 20.2. The number of benzene rings is 3. The lowest BCUT2D eigenvalue weighted by atomic mass is 9.95. The van der Waals surface area contributed by atoms with E-state index < -0.39 is 88.6 Å². The van der Waals surface area contributed by atoms with Crippen LogP contribution in [0.1, 0.15) is 198 Å². The van der Waals surface area contributed by atoms with Crippen LogP contribution >= 0.6 is 74.4 Å². The lowest BCUT2D eigenvalue weighted by Crippen LogP contribution is -2.45. The summed E-state index contributed by atoms with van der Waals surface area (Å²) in [6.07, 6.45) is 13.6. The van der Waals surface area contributed by atoms with Gasteiger partial charge in [-0.15, -0.1) is 30.2 Å². The minimum atomic E-state index is -0.845. The monoisotopic (exact) mass is 1800 g/mol. The van der Waals surface area contributed by atoms with E-state index in [1.807, 2.05) is 6.07 Å². The highest BCUT2D eigenvalue weighted by molar-refractivity contribution is 9.93. The molecule has 0 radical (unpaired) electrons. The normalized spacial score (nSPS) is 20.2. The number of halogens is 7. The molecule has 5 unspecified atom stereocenters. The Morgan fingerprint density at radius 1 is 0.577 bits per heavy atom. The number of carbonyl (C=O) groups excluding carboxylic acids is 6. The molecule has 5 aromatic rings. The fourth-order valence-electron chi connectivity index (χ4n) is 12.9. The van der Waals surface area contributed by atoms with Crippen LogP contribution in [0.3, 0.4) is 0 Å². The number of likely N-dealkylation sites (tertiary alicyclic amines) is 3. The van der Waals surface area contributed by atoms with Gasteiger partial charge in [0.15, 0.2) is 5.78 Å². The maximum Gasteiger partial charge on any atom is 0.411 e. The molecule has 0 bridgehead atoms. The van der Waals surface area contributed by atoms with Gasteiger partial charge in [-0.1, -0.05) is 90.9 Å². The van der Waals surface area contributed by atoms with Crippen molar-refractivity contribution in [3.05, 3.63) is 164 Å². The highest BCUT2D eigenvalue weighted by Gasteiger charge is 2.45. The molecule has 3 aliphatic heterocycles. The van der Waals surface area contributed by atoms with Crippen molar-refractivity contribution in [1.29, 1.82) is 1.28 Å². The number of methoxy groups -OCH3 is 3. The molecule has 616 valence electrons. The van der Waals surface area contributed by atoms with Crippen molar-refractivity contribution in [2.75, 3.05) is 51.6 Å². The number of aromatic nitrogens is 2. The van der Waals surface area contributed by atoms with Crippen LogP contribution in [-0.4, -0.2) is 161 Å². The molecule has 111 heavy (non-hydrogen) atoms. The molecule has 2 aromatic heterocycles. The van der Waals surface area contributed by atoms with E-state index in [0.29, 0.717) is 36.7 Å². The summed E-state index contributed by atoms with van der Waals surface area (Å²) >= 11 is 9.19. The van der Waals surface area contributed by atoms with E-state index in [-0.39, 0.29) is 117 Å². The number of alkyl halides is 1. The zero-order chi connectivity index (χ0) is 82.1. The molecule has 4 N–H and O–H groups in total. The average Bonchev–Trinajstić information content (AvgIpc) is 1.70. The van der Waals surface area contributed by atoms with Crippen molar-refractivity contribution in [1.82, 2.24) is 24.3 Å². The smallest absolute Gasteiger partial charge is 0.411 e. The number of H-pyrrole nitrogens is 1. The first kappa shape index (κ1) is 94.1. The van der Waals surface area contributed by atoms with Crippen molar-refractivity contribution in [2.45, 2.75) is 235 Å². The van der Waals surface area contributed by atoms with Crippen molar-refractivity contribution in [3.8, 4) is 0 Å². The molecule has 31 heteroatoms. The summed E-state index contributed by atoms with van der Waals surface area (Å²) < 4.78 is 84.2. The van der Waals surface area contributed by atoms with Crippen LogP contribution < -0.4 is 21.8 Å². The Bertz CT molecular complexity index is 3830. The average molecular weight is 1810 g/mol. The number of carbonyl (C=O) groups is 6. The predicted molar refractivity (Wildman–Crippen MR) is 445 cm³/mol. The molecule has 5 heterocycles. The summed E-state index contributed by atoms with van der Waals surface area (Å²) in [6.45, 7) is 16.6. The minimum Gasteiger partial charge on any atom is -0.444 e. The van der Waals surface area contributed by atoms with Crippen LogP contribution in [0.15, 0.2) is 113 Å². The second-order valence-electron chi connectivity index (χ2n) is 31.4. The number of aliphatic hydroxyl groups is 1. The molecule has 0 spiro atoms. The van der Waals surface area contributed by atoms with Crippen molar-refractivity contribution >= 4 is 122 Å². The molecule has 11 rings (SSSR count). The Labute approximate surface area is 686 Å². The number of anilines is 2. The van der Waals surface area contributed by atoms with Crippen LogP contribution in [0.4, 0.5) is 38.9 Å². The molecular weight excluding hydrogens is 1690 g/mol. The molecule has 3 aliphatic carbocycles. The van der Waals surface area contributed by atoms with E-state index >= 15 is 0 Å². The van der Waals surface area contributed by atoms with Gasteiger partial charge in [-0.25, -0.2) is 27.6 Å². The standard InChI is InChI=1S/C29H37FN2O5.C23H32BrFN2O4.C23H33FN2O5.C5H5NO.Br2.ClH.H4P2/c1-29(2,3)37-28(35)32-18-22(36-4)17-25(32)26(33)16-21-15-20(11-12-23(21)30)24(13-10-19-8-9-19)31-14-6-5-7-27(31)34;1-23(2,3)31-22(29)27-13-16(30-4)12-20(27)21(28)26-19-11-15(8-10-18(19)25)17(24)9-7-14-5-6-14;1-23(2,3)31-22(29)26-13-16(30-4)12-19(26)21(28)25-18-11-15(8-9-17(18)24)20(27)10-7-14-5-6-14;7-5-3-1-2-4-6-5;1-2;;1-2/h5-7,11-12,14-15,19,22,24-25H,8-10,13,16-18H2,1-4H3;8,10-11,14,16-17,20H,5-7,9,12-13H2,1-4H3,(H,26,28);8-9,11,14,16,19-20,27H,5-7,10,12-13H2,1-4H3,(H,25,28);1-4H,(H,6,7);;1H;1-2H2/t22-,24?,25-;16-,17?,20-;16-,19-,20?;;;;/m111..../s1/i;;;;;;1T. The summed E-state index contributed by atoms with van der Waals surface area (Å²) in [6, 6.07) is 21.1. The number of ketones is 1. The first-order chi connectivity index (χ1) is 52.5. The molecular formula is C80H112Br3ClF3N7O15P2. The topological polar surface area (TPSA) is 267 Å². The predicted octanol–water partition coefficient (Wildman–Crippen LogP) is 17.5. The molecule has 3 saturated carbocycles. The number of nitrogens with zero attached hydrogens (tertiary/aromatic N) is 4. The first-order valence-electron chi connectivity index (χ1n) is 37.7. The van der Waals surface area contributed by atoms with Crippen LogP contribution in [0.25, 0.3) is 0 Å². The van der Waals surface area contributed by atoms with Gasteiger partial charge in [-0.05, 0) is 183 Å². The number of amides is 5. The number of ether oxygens (including phenoxy) is 6. The van der Waals surface area contributed by atoms with Crippen molar-refractivity contribution in [3.63, 3.8) is 0 Å². The van der Waals surface area contributed by atoms with Crippen molar-refractivity contribution < 1.29 is 75.5 Å². The minimum absolute atomic E-state index is 0. The van der Waals surface area contributed by atoms with Gasteiger partial charge in [-0.2, -0.15) is 0 Å². The Balaban J connectivity index is 0.000000279. The van der Waals surface area contributed by atoms with Crippen LogP contribution in [0.2, 0.25) is 0 Å². The summed E-state index contributed by atoms with van der Waals surface area (Å²) in [5.74, 6) is -0.659. The van der Waals surface area contributed by atoms with E-state index in [0.717, 1.165) is 49.1 Å². The lowest BCUT2D eigenvalue weighted by molar-refractivity contribution is -0.123. The maximum atomic E-state index is 15.0. The third-order valence-electron chi connectivity index (χ3n) is 19.2. The number of Topliss-reactive ketones (excluding diaryl/α,β-unsaturated/α-hetero) is 1. The molecule has 11 atom stereocenters. The van der Waals surface area contributed by atoms with Gasteiger partial charge in [-0.3, -0.25) is 38.7 Å². The molecule has 6 aliphatic rings. The summed E-state index contributed by atoms with van der Waals surface area (Å²) in [4.78, 5) is 107. The van der Waals surface area contributed by atoms with E-state index in [1.54, 1.807) is 136 Å². The number of hydrogen-bond acceptors (Lipinski definition) is 15. The molecule has 3 saturated heterocycles. The fourth-order valence-corrected chi connectivity index (χ4v) is 13.4. The summed E-state index contributed by atoms with van der Waals surface area (Å²) in [5.41, 5.74) is 0.358. The Kier molecular flexibility index (Phi) is 38.5. The number of rotatable bonds is 23. The third kappa shape index (κ3) is 31.7. The highest BCUT2D eigenvalue weighted by Crippen LogP contribution is 2.41. The first-order valence-corrected chi connectivity index (χ1v) is 44.2. The van der Waals surface area contributed by atoms with Gasteiger partial charge >= 0.3 is 18.3 Å². The Morgan fingerprint density at radius 2 is 0.982 bits per heavy atom. The van der Waals surface area contributed by atoms with E-state index in [9.17, 15) is 56.6 Å². The second-order valence-corrected chi connectivity index (χ2v) is 32.5. The molecule has 5 amide bonds. The SMILES string of the molecule is BrBr.CO[C@@H]1C[C@H](C(=O)Cc2cc(C(CCC3CC3)n3ccccc3=O)ccc2F)N(C(=O)OC(C)(C)C)C1.CO[C@@H]1C[C@H](C(=O)Nc2cc(C(Br)CCC3CC3)ccc2F)N(C(=O)OC(C)(C)C)C1.CO[C@@H]1C[C@H](C(=O)Nc2cc(C(O)CCC3CC3)ccc2F)N(C(=O)OC(C)(C)C)C1.Cl.O=c1cccc[nH]1.[3H]PP. The van der Waals surface area contributed by atoms with Crippen LogP contribution in [0.5, 0.6) is 0 Å². The number of pyridine rings is 2. The fraction of sp³-hybridized carbons (Fsp3) is 0.575. The van der Waals surface area contributed by atoms with Gasteiger partial charge in [0.25, 0.3) is 5.56 Å². The second kappa shape index (κ2) is 45.5. The zero-order valence-electron chi connectivity index (χ0n) is 66.4. The van der Waals surface area contributed by atoms with Gasteiger partial charge in [0.05, 0.1) is 68.8 Å². The molecule has 6 fully saturated rings. The van der Waals surface area contributed by atoms with Crippen LogP contribution in [0, 0.1) is 35.2 Å². The Hall–Kier alpha value is -5.80. The van der Waals surface area contributed by atoms with Crippen molar-refractivity contribution in [2.24, 2.45) is 17.8 Å². The number of nitrogens with one attached hydrogen (secondary N) is 3. The number of hydrogen-bond donors (Lipinski definition) is 4. The number of aromatic amines is 1. The summed E-state index contributed by atoms with van der Waals surface area (Å²) in [5, 5.41) is 15.7. The molecule has 3 aromatic carbocycles. The summed E-state index contributed by atoms with van der Waals surface area (Å²) in [7, 11) is 7.13. The van der Waals surface area contributed by atoms with E-state index in [1.165, 1.54) is 103 Å². The highest BCUT2D eigenvalue weighted by atomic mass is 80.9. The van der Waals surface area contributed by atoms with Gasteiger partial charge < -0.3 is 53.7 Å². The largest absolute Gasteiger partial charge is 0.444 e. The molecule has 22 nitrogen and oxygen atoms in total. The van der Waals surface area contributed by atoms with Crippen LogP contribution in [-0.2, 0) is 49.2 Å². The van der Waals surface area contributed by atoms with E-state index in [4.69, 9.17) is 29.7 Å². The number of aliphatic hydroxyl groups excluding tert-OH is 1.